The zero-order chi connectivity index (χ0) is 14.5. The highest BCUT2D eigenvalue weighted by atomic mass is 19.1. The second-order valence-electron chi connectivity index (χ2n) is 5.05. The van der Waals surface area contributed by atoms with Gasteiger partial charge in [-0.25, -0.2) is 9.37 Å². The van der Waals surface area contributed by atoms with Crippen molar-refractivity contribution in [3.63, 3.8) is 0 Å². The van der Waals surface area contributed by atoms with E-state index >= 15 is 0 Å². The van der Waals surface area contributed by atoms with Gasteiger partial charge in [-0.1, -0.05) is 0 Å². The van der Waals surface area contributed by atoms with Crippen molar-refractivity contribution >= 4 is 11.7 Å². The molecular weight excluding hydrogens is 259 g/mol. The van der Waals surface area contributed by atoms with Gasteiger partial charge in [-0.15, -0.1) is 0 Å². The summed E-state index contributed by atoms with van der Waals surface area (Å²) in [7, 11) is 3.29. The smallest absolute Gasteiger partial charge is 0.256 e. The van der Waals surface area contributed by atoms with Crippen molar-refractivity contribution in [2.45, 2.75) is 12.8 Å². The minimum absolute atomic E-state index is 0.0632. The Balaban J connectivity index is 1.99. The lowest BCUT2D eigenvalue weighted by Crippen LogP contribution is -2.35. The number of hydrogen-bond donors (Lipinski definition) is 1. The largest absolute Gasteiger partial charge is 0.371 e. The molecule has 1 aromatic heterocycles. The topological polar surface area (TPSA) is 48.5 Å². The van der Waals surface area contributed by atoms with Crippen LogP contribution in [0.5, 0.6) is 0 Å². The number of aromatic nitrogens is 1. The maximum absolute atomic E-state index is 14.0. The summed E-state index contributed by atoms with van der Waals surface area (Å²) in [5, 5.41) is 2.64. The Morgan fingerprint density at radius 3 is 2.85 bits per heavy atom. The van der Waals surface area contributed by atoms with Crippen molar-refractivity contribution in [2.75, 3.05) is 45.6 Å². The fraction of sp³-hybridized carbons (Fsp3) is 0.571. The van der Waals surface area contributed by atoms with E-state index in [0.717, 1.165) is 19.6 Å². The standard InChI is InChI=1S/C14H21FN4O/c1-16-13-12(15)11(5-6-17-13)14(20)18(2)9-10-19-7-3-4-8-19/h5-6H,3-4,7-10H2,1-2H3,(H,16,17). The molecule has 1 aromatic rings. The molecule has 5 nitrogen and oxygen atoms in total. The summed E-state index contributed by atoms with van der Waals surface area (Å²) in [6.07, 6.45) is 3.89. The van der Waals surface area contributed by atoms with E-state index in [9.17, 15) is 9.18 Å². The van der Waals surface area contributed by atoms with Gasteiger partial charge in [-0.2, -0.15) is 0 Å². The number of likely N-dealkylation sites (N-methyl/N-ethyl adjacent to an activating group) is 1. The lowest BCUT2D eigenvalue weighted by atomic mass is 10.2. The fourth-order valence-corrected chi connectivity index (χ4v) is 2.39. The molecule has 0 bridgehead atoms. The van der Waals surface area contributed by atoms with Crippen LogP contribution in [0.3, 0.4) is 0 Å². The first-order chi connectivity index (χ1) is 9.63. The van der Waals surface area contributed by atoms with Crippen molar-refractivity contribution < 1.29 is 9.18 Å². The van der Waals surface area contributed by atoms with Crippen molar-refractivity contribution in [1.29, 1.82) is 0 Å². The first-order valence-electron chi connectivity index (χ1n) is 6.93. The molecule has 1 aliphatic rings. The van der Waals surface area contributed by atoms with Crippen LogP contribution < -0.4 is 5.32 Å². The van der Waals surface area contributed by atoms with Crippen LogP contribution in [0, 0.1) is 5.82 Å². The van der Waals surface area contributed by atoms with Gasteiger partial charge in [-0.05, 0) is 32.0 Å². The number of halogens is 1. The van der Waals surface area contributed by atoms with Crippen molar-refractivity contribution in [3.8, 4) is 0 Å². The van der Waals surface area contributed by atoms with Gasteiger partial charge in [0.2, 0.25) is 0 Å². The minimum atomic E-state index is -0.590. The molecule has 0 saturated carbocycles. The first-order valence-corrected chi connectivity index (χ1v) is 6.93. The van der Waals surface area contributed by atoms with Gasteiger partial charge in [0, 0.05) is 33.4 Å². The van der Waals surface area contributed by atoms with Gasteiger partial charge in [0.15, 0.2) is 11.6 Å². The van der Waals surface area contributed by atoms with Crippen LogP contribution in [0.4, 0.5) is 10.2 Å². The zero-order valence-corrected chi connectivity index (χ0v) is 12.0. The number of nitrogens with zero attached hydrogens (tertiary/aromatic N) is 3. The molecule has 20 heavy (non-hydrogen) atoms. The number of hydrogen-bond acceptors (Lipinski definition) is 4. The molecule has 2 rings (SSSR count). The molecule has 0 aromatic carbocycles. The van der Waals surface area contributed by atoms with E-state index in [4.69, 9.17) is 0 Å². The molecule has 110 valence electrons. The second-order valence-corrected chi connectivity index (χ2v) is 5.05. The van der Waals surface area contributed by atoms with Crippen LogP contribution in [-0.2, 0) is 0 Å². The average molecular weight is 280 g/mol. The highest BCUT2D eigenvalue weighted by molar-refractivity contribution is 5.95. The second kappa shape index (κ2) is 6.65. The number of carbonyl (C=O) groups excluding carboxylic acids is 1. The maximum atomic E-state index is 14.0. The average Bonchev–Trinajstić information content (AvgIpc) is 2.97. The van der Waals surface area contributed by atoms with E-state index in [1.54, 1.807) is 19.0 Å². The van der Waals surface area contributed by atoms with E-state index in [2.05, 4.69) is 15.2 Å². The van der Waals surface area contributed by atoms with Gasteiger partial charge >= 0.3 is 0 Å². The van der Waals surface area contributed by atoms with Gasteiger partial charge in [-0.3, -0.25) is 4.79 Å². The number of anilines is 1. The van der Waals surface area contributed by atoms with E-state index in [1.807, 2.05) is 0 Å². The summed E-state index contributed by atoms with van der Waals surface area (Å²) in [5.41, 5.74) is 0.0632. The molecule has 1 saturated heterocycles. The molecule has 0 radical (unpaired) electrons. The maximum Gasteiger partial charge on any atom is 0.256 e. The predicted molar refractivity (Wildman–Crippen MR) is 76.4 cm³/mol. The number of carbonyl (C=O) groups is 1. The molecule has 1 fully saturated rings. The van der Waals surface area contributed by atoms with Crippen LogP contribution >= 0.6 is 0 Å². The zero-order valence-electron chi connectivity index (χ0n) is 12.0. The van der Waals surface area contributed by atoms with Gasteiger partial charge in [0.25, 0.3) is 5.91 Å². The van der Waals surface area contributed by atoms with E-state index < -0.39 is 5.82 Å². The summed E-state index contributed by atoms with van der Waals surface area (Å²) in [4.78, 5) is 20.0. The molecule has 0 atom stereocenters. The third kappa shape index (κ3) is 3.25. The molecule has 2 heterocycles. The number of amides is 1. The van der Waals surface area contributed by atoms with Gasteiger partial charge in [0.05, 0.1) is 5.56 Å². The Labute approximate surface area is 118 Å². The Hall–Kier alpha value is -1.69. The van der Waals surface area contributed by atoms with E-state index in [1.165, 1.54) is 25.1 Å². The molecule has 1 aliphatic heterocycles. The van der Waals surface area contributed by atoms with Crippen molar-refractivity contribution in [1.82, 2.24) is 14.8 Å². The summed E-state index contributed by atoms with van der Waals surface area (Å²) >= 11 is 0. The van der Waals surface area contributed by atoms with Crippen LogP contribution in [0.2, 0.25) is 0 Å². The Morgan fingerprint density at radius 1 is 1.50 bits per heavy atom. The number of likely N-dealkylation sites (tertiary alicyclic amines) is 1. The fourth-order valence-electron chi connectivity index (χ4n) is 2.39. The summed E-state index contributed by atoms with van der Waals surface area (Å²) in [6, 6.07) is 1.42. The molecule has 6 heteroatoms. The number of nitrogens with one attached hydrogen (secondary N) is 1. The predicted octanol–water partition coefficient (Wildman–Crippen LogP) is 1.43. The number of pyridine rings is 1. The van der Waals surface area contributed by atoms with Crippen LogP contribution in [0.1, 0.15) is 23.2 Å². The Bertz CT molecular complexity index is 474. The first kappa shape index (κ1) is 14.7. The summed E-state index contributed by atoms with van der Waals surface area (Å²) in [5.74, 6) is -0.794. The van der Waals surface area contributed by atoms with E-state index in [-0.39, 0.29) is 17.3 Å². The Kier molecular flexibility index (Phi) is 4.89. The summed E-state index contributed by atoms with van der Waals surface area (Å²) in [6.45, 7) is 3.63. The summed E-state index contributed by atoms with van der Waals surface area (Å²) < 4.78 is 14.0. The van der Waals surface area contributed by atoms with E-state index in [0.29, 0.717) is 6.54 Å². The molecule has 0 unspecified atom stereocenters. The normalized spacial score (nSPS) is 15.3. The molecule has 0 spiro atoms. The third-order valence-electron chi connectivity index (χ3n) is 3.65. The van der Waals surface area contributed by atoms with Crippen LogP contribution in [0.15, 0.2) is 12.3 Å². The van der Waals surface area contributed by atoms with Gasteiger partial charge < -0.3 is 15.1 Å². The van der Waals surface area contributed by atoms with Crippen LogP contribution in [-0.4, -0.2) is 61.0 Å². The third-order valence-corrected chi connectivity index (χ3v) is 3.65. The van der Waals surface area contributed by atoms with Crippen molar-refractivity contribution in [3.05, 3.63) is 23.6 Å². The Morgan fingerprint density at radius 2 is 2.20 bits per heavy atom. The minimum Gasteiger partial charge on any atom is -0.371 e. The molecule has 1 N–H and O–H groups in total. The monoisotopic (exact) mass is 280 g/mol. The SMILES string of the molecule is CNc1nccc(C(=O)N(C)CCN2CCCC2)c1F. The highest BCUT2D eigenvalue weighted by Gasteiger charge is 2.20. The molecule has 1 amide bonds. The lowest BCUT2D eigenvalue weighted by Gasteiger charge is -2.22. The number of rotatable bonds is 5. The molecule has 0 aliphatic carbocycles. The van der Waals surface area contributed by atoms with Gasteiger partial charge in [0.1, 0.15) is 0 Å². The highest BCUT2D eigenvalue weighted by Crippen LogP contribution is 2.16. The van der Waals surface area contributed by atoms with Crippen LogP contribution in [0.25, 0.3) is 0 Å². The molecular formula is C14H21FN4O. The lowest BCUT2D eigenvalue weighted by molar-refractivity contribution is 0.0777. The van der Waals surface area contributed by atoms with Crippen molar-refractivity contribution in [2.24, 2.45) is 0 Å². The quantitative estimate of drug-likeness (QED) is 0.886.